The van der Waals surface area contributed by atoms with Crippen molar-refractivity contribution in [3.05, 3.63) is 12.7 Å². The van der Waals surface area contributed by atoms with Crippen LogP contribution in [0.2, 0.25) is 0 Å². The number of hydrogen-bond donors (Lipinski definition) is 2. The number of hydrogen-bond acceptors (Lipinski definition) is 2. The molecule has 0 saturated carbocycles. The van der Waals surface area contributed by atoms with Gasteiger partial charge in [-0.15, -0.1) is 6.58 Å². The van der Waals surface area contributed by atoms with Crippen LogP contribution in [0, 0.1) is 5.92 Å². The third-order valence-corrected chi connectivity index (χ3v) is 1.52. The predicted octanol–water partition coefficient (Wildman–Crippen LogP) is 0.940. The van der Waals surface area contributed by atoms with Gasteiger partial charge in [-0.2, -0.15) is 0 Å². The second-order valence-corrected chi connectivity index (χ2v) is 2.85. The molecule has 0 aliphatic carbocycles. The summed E-state index contributed by atoms with van der Waals surface area (Å²) in [4.78, 5) is 0. The first-order valence-corrected chi connectivity index (χ1v) is 3.56. The second-order valence-electron chi connectivity index (χ2n) is 2.85. The summed E-state index contributed by atoms with van der Waals surface area (Å²) in [5, 5.41) is 18.2. The first-order valence-electron chi connectivity index (χ1n) is 3.56. The van der Waals surface area contributed by atoms with Gasteiger partial charge in [-0.1, -0.05) is 19.9 Å². The van der Waals surface area contributed by atoms with Gasteiger partial charge in [0.2, 0.25) is 0 Å². The summed E-state index contributed by atoms with van der Waals surface area (Å²) in [6, 6.07) is 0. The molecule has 2 heteroatoms. The Hall–Kier alpha value is -0.340. The highest BCUT2D eigenvalue weighted by atomic mass is 16.3. The summed E-state index contributed by atoms with van der Waals surface area (Å²) < 4.78 is 0. The predicted molar refractivity (Wildman–Crippen MR) is 41.7 cm³/mol. The van der Waals surface area contributed by atoms with Gasteiger partial charge in [-0.25, -0.2) is 0 Å². The van der Waals surface area contributed by atoms with Crippen molar-refractivity contribution in [2.24, 2.45) is 5.92 Å². The van der Waals surface area contributed by atoms with E-state index in [4.69, 9.17) is 5.11 Å². The van der Waals surface area contributed by atoms with Crippen LogP contribution in [0.5, 0.6) is 0 Å². The van der Waals surface area contributed by atoms with Gasteiger partial charge in [0.05, 0.1) is 12.2 Å². The van der Waals surface area contributed by atoms with Gasteiger partial charge < -0.3 is 10.2 Å². The minimum Gasteiger partial charge on any atom is -0.393 e. The zero-order valence-electron chi connectivity index (χ0n) is 6.62. The molecule has 0 radical (unpaired) electrons. The molecule has 10 heavy (non-hydrogen) atoms. The zero-order chi connectivity index (χ0) is 8.15. The van der Waals surface area contributed by atoms with Crippen molar-refractivity contribution in [1.82, 2.24) is 0 Å². The van der Waals surface area contributed by atoms with E-state index < -0.39 is 12.2 Å². The summed E-state index contributed by atoms with van der Waals surface area (Å²) in [6.07, 6.45) is 0.831. The standard InChI is InChI=1S/C8H16O2/c1-4-7(9)5-8(10)6(2)3/h4,6-10H,1,5H2,2-3H3/t7-,8-/m0/s1. The van der Waals surface area contributed by atoms with Gasteiger partial charge >= 0.3 is 0 Å². The molecule has 0 rings (SSSR count). The van der Waals surface area contributed by atoms with Crippen molar-refractivity contribution in [2.45, 2.75) is 32.5 Å². The van der Waals surface area contributed by atoms with Crippen molar-refractivity contribution in [2.75, 3.05) is 0 Å². The number of rotatable bonds is 4. The van der Waals surface area contributed by atoms with Crippen LogP contribution in [0.3, 0.4) is 0 Å². The number of aliphatic hydroxyl groups is 2. The molecule has 0 aliphatic heterocycles. The minimum absolute atomic E-state index is 0.203. The molecule has 0 unspecified atom stereocenters. The lowest BCUT2D eigenvalue weighted by molar-refractivity contribution is 0.0715. The molecule has 0 aromatic heterocycles. The second kappa shape index (κ2) is 4.47. The van der Waals surface area contributed by atoms with E-state index >= 15 is 0 Å². The van der Waals surface area contributed by atoms with Gasteiger partial charge in [-0.3, -0.25) is 0 Å². The smallest absolute Gasteiger partial charge is 0.0743 e. The van der Waals surface area contributed by atoms with E-state index in [-0.39, 0.29) is 5.92 Å². The van der Waals surface area contributed by atoms with E-state index in [1.54, 1.807) is 0 Å². The highest BCUT2D eigenvalue weighted by Gasteiger charge is 2.11. The van der Waals surface area contributed by atoms with Gasteiger partial charge in [0.1, 0.15) is 0 Å². The maximum atomic E-state index is 9.22. The fourth-order valence-corrected chi connectivity index (χ4v) is 0.616. The lowest BCUT2D eigenvalue weighted by Crippen LogP contribution is -2.20. The highest BCUT2D eigenvalue weighted by molar-refractivity contribution is 4.80. The molecule has 0 aliphatic rings. The summed E-state index contributed by atoms with van der Waals surface area (Å²) in [7, 11) is 0. The molecule has 0 bridgehead atoms. The molecular weight excluding hydrogens is 128 g/mol. The van der Waals surface area contributed by atoms with E-state index in [9.17, 15) is 5.11 Å². The SMILES string of the molecule is C=C[C@H](O)C[C@H](O)C(C)C. The summed E-state index contributed by atoms with van der Waals surface area (Å²) >= 11 is 0. The summed E-state index contributed by atoms with van der Waals surface area (Å²) in [5.41, 5.74) is 0. The molecule has 0 heterocycles. The van der Waals surface area contributed by atoms with E-state index in [1.165, 1.54) is 6.08 Å². The van der Waals surface area contributed by atoms with Crippen LogP contribution in [0.15, 0.2) is 12.7 Å². The van der Waals surface area contributed by atoms with Crippen LogP contribution in [0.4, 0.5) is 0 Å². The minimum atomic E-state index is -0.572. The lowest BCUT2D eigenvalue weighted by atomic mass is 10.0. The highest BCUT2D eigenvalue weighted by Crippen LogP contribution is 2.08. The molecule has 2 nitrogen and oxygen atoms in total. The van der Waals surface area contributed by atoms with E-state index in [0.29, 0.717) is 6.42 Å². The van der Waals surface area contributed by atoms with Gasteiger partial charge in [-0.05, 0) is 5.92 Å². The van der Waals surface area contributed by atoms with Crippen LogP contribution < -0.4 is 0 Å². The maximum Gasteiger partial charge on any atom is 0.0743 e. The molecule has 0 fully saturated rings. The van der Waals surface area contributed by atoms with Crippen LogP contribution in [-0.4, -0.2) is 22.4 Å². The first kappa shape index (κ1) is 9.66. The molecule has 2 N–H and O–H groups in total. The average Bonchev–Trinajstić information content (AvgIpc) is 1.87. The summed E-state index contributed by atoms with van der Waals surface area (Å²) in [6.45, 7) is 7.25. The normalized spacial score (nSPS) is 16.9. The van der Waals surface area contributed by atoms with Crippen molar-refractivity contribution in [3.8, 4) is 0 Å². The van der Waals surface area contributed by atoms with E-state index in [0.717, 1.165) is 0 Å². The largest absolute Gasteiger partial charge is 0.393 e. The third kappa shape index (κ3) is 3.64. The fraction of sp³-hybridized carbons (Fsp3) is 0.750. The zero-order valence-corrected chi connectivity index (χ0v) is 6.62. The maximum absolute atomic E-state index is 9.22. The van der Waals surface area contributed by atoms with Crippen LogP contribution in [-0.2, 0) is 0 Å². The Bertz CT molecular complexity index is 99.4. The van der Waals surface area contributed by atoms with Crippen molar-refractivity contribution in [1.29, 1.82) is 0 Å². The Morgan fingerprint density at radius 3 is 2.20 bits per heavy atom. The van der Waals surface area contributed by atoms with E-state index in [2.05, 4.69) is 6.58 Å². The Morgan fingerprint density at radius 1 is 1.40 bits per heavy atom. The lowest BCUT2D eigenvalue weighted by Gasteiger charge is -2.15. The molecule has 0 aromatic carbocycles. The summed E-state index contributed by atoms with van der Waals surface area (Å²) in [5.74, 6) is 0.203. The molecule has 0 saturated heterocycles. The van der Waals surface area contributed by atoms with Crippen molar-refractivity contribution < 1.29 is 10.2 Å². The van der Waals surface area contributed by atoms with Gasteiger partial charge in [0.25, 0.3) is 0 Å². The van der Waals surface area contributed by atoms with Crippen LogP contribution >= 0.6 is 0 Å². The first-order chi connectivity index (χ1) is 4.57. The number of aliphatic hydroxyl groups excluding tert-OH is 2. The van der Waals surface area contributed by atoms with Gasteiger partial charge in [0.15, 0.2) is 0 Å². The molecule has 2 atom stereocenters. The molecular formula is C8H16O2. The Morgan fingerprint density at radius 2 is 1.90 bits per heavy atom. The van der Waals surface area contributed by atoms with Gasteiger partial charge in [0, 0.05) is 6.42 Å². The van der Waals surface area contributed by atoms with Crippen LogP contribution in [0.25, 0.3) is 0 Å². The monoisotopic (exact) mass is 144 g/mol. The molecule has 0 aromatic rings. The third-order valence-electron chi connectivity index (χ3n) is 1.52. The quantitative estimate of drug-likeness (QED) is 0.576. The van der Waals surface area contributed by atoms with E-state index in [1.807, 2.05) is 13.8 Å². The topological polar surface area (TPSA) is 40.5 Å². The molecule has 0 spiro atoms. The molecule has 0 amide bonds. The Balaban J connectivity index is 3.56. The van der Waals surface area contributed by atoms with Crippen molar-refractivity contribution >= 4 is 0 Å². The Kier molecular flexibility index (Phi) is 4.32. The average molecular weight is 144 g/mol. The van der Waals surface area contributed by atoms with Crippen LogP contribution in [0.1, 0.15) is 20.3 Å². The molecule has 60 valence electrons. The fourth-order valence-electron chi connectivity index (χ4n) is 0.616. The Labute approximate surface area is 62.2 Å². The van der Waals surface area contributed by atoms with Crippen molar-refractivity contribution in [3.63, 3.8) is 0 Å².